The quantitative estimate of drug-likeness (QED) is 0.863. The fraction of sp³-hybridized carbons (Fsp3) is 0.526. The molecule has 1 heterocycles. The lowest BCUT2D eigenvalue weighted by molar-refractivity contribution is -0.151. The number of halogens is 1. The van der Waals surface area contributed by atoms with Crippen molar-refractivity contribution in [3.63, 3.8) is 0 Å². The Kier molecular flexibility index (Phi) is 5.54. The van der Waals surface area contributed by atoms with Crippen LogP contribution in [0.1, 0.15) is 45.4 Å². The van der Waals surface area contributed by atoms with Gasteiger partial charge in [0.15, 0.2) is 0 Å². The summed E-state index contributed by atoms with van der Waals surface area (Å²) in [6.07, 6.45) is 3.93. The van der Waals surface area contributed by atoms with E-state index in [1.807, 2.05) is 0 Å². The predicted octanol–water partition coefficient (Wildman–Crippen LogP) is 2.20. The molecule has 0 unspecified atom stereocenters. The Morgan fingerprint density at radius 1 is 1.23 bits per heavy atom. The second kappa shape index (κ2) is 7.85. The summed E-state index contributed by atoms with van der Waals surface area (Å²) < 4.78 is 13.0. The first kappa shape index (κ1) is 18.4. The molecule has 0 spiro atoms. The highest BCUT2D eigenvalue weighted by molar-refractivity contribution is 5.97. The van der Waals surface area contributed by atoms with Gasteiger partial charge in [-0.1, -0.05) is 19.8 Å². The highest BCUT2D eigenvalue weighted by atomic mass is 19.1. The lowest BCUT2D eigenvalue weighted by Crippen LogP contribution is -2.67. The van der Waals surface area contributed by atoms with Crippen LogP contribution in [0.5, 0.6) is 0 Å². The maximum Gasteiger partial charge on any atom is 0.243 e. The predicted molar refractivity (Wildman–Crippen MR) is 94.8 cm³/mol. The van der Waals surface area contributed by atoms with Gasteiger partial charge in [0.05, 0.1) is 12.5 Å². The number of anilines is 1. The van der Waals surface area contributed by atoms with Crippen LogP contribution in [0.4, 0.5) is 10.1 Å². The van der Waals surface area contributed by atoms with E-state index in [0.717, 1.165) is 25.7 Å². The molecule has 0 radical (unpaired) electrons. The van der Waals surface area contributed by atoms with Gasteiger partial charge >= 0.3 is 0 Å². The van der Waals surface area contributed by atoms with Gasteiger partial charge in [-0.3, -0.25) is 14.4 Å². The highest BCUT2D eigenvalue weighted by Gasteiger charge is 2.45. The van der Waals surface area contributed by atoms with Crippen LogP contribution in [0.3, 0.4) is 0 Å². The van der Waals surface area contributed by atoms with Crippen molar-refractivity contribution in [2.45, 2.75) is 63.6 Å². The van der Waals surface area contributed by atoms with Crippen LogP contribution in [0.25, 0.3) is 0 Å². The molecule has 7 heteroatoms. The van der Waals surface area contributed by atoms with E-state index in [4.69, 9.17) is 0 Å². The van der Waals surface area contributed by atoms with E-state index in [1.54, 1.807) is 11.8 Å². The molecule has 3 amide bonds. The number of hydrogen-bond acceptors (Lipinski definition) is 3. The molecule has 2 aliphatic rings. The minimum absolute atomic E-state index is 0.0249. The van der Waals surface area contributed by atoms with E-state index in [9.17, 15) is 18.8 Å². The summed E-state index contributed by atoms with van der Waals surface area (Å²) in [5, 5.41) is 5.65. The first-order chi connectivity index (χ1) is 12.5. The van der Waals surface area contributed by atoms with E-state index in [-0.39, 0.29) is 36.2 Å². The minimum Gasteiger partial charge on any atom is -0.349 e. The summed E-state index contributed by atoms with van der Waals surface area (Å²) in [5.41, 5.74) is 0.455. The van der Waals surface area contributed by atoms with Crippen molar-refractivity contribution in [2.24, 2.45) is 0 Å². The Hall–Kier alpha value is -2.44. The average Bonchev–Trinajstić information content (AvgIpc) is 2.63. The second-order valence-electron chi connectivity index (χ2n) is 6.90. The molecule has 1 aliphatic heterocycles. The van der Waals surface area contributed by atoms with Gasteiger partial charge in [0, 0.05) is 18.2 Å². The Bertz CT molecular complexity index is 692. The molecule has 3 atom stereocenters. The zero-order valence-electron chi connectivity index (χ0n) is 14.8. The molecule has 1 aliphatic carbocycles. The van der Waals surface area contributed by atoms with Crippen LogP contribution >= 0.6 is 0 Å². The van der Waals surface area contributed by atoms with Crippen molar-refractivity contribution in [1.29, 1.82) is 0 Å². The van der Waals surface area contributed by atoms with Crippen LogP contribution < -0.4 is 10.6 Å². The molecular weight excluding hydrogens is 337 g/mol. The number of nitrogens with zero attached hydrogens (tertiary/aromatic N) is 1. The largest absolute Gasteiger partial charge is 0.349 e. The molecule has 6 nitrogen and oxygen atoms in total. The Morgan fingerprint density at radius 2 is 1.92 bits per heavy atom. The van der Waals surface area contributed by atoms with Gasteiger partial charge in [0.1, 0.15) is 11.9 Å². The Balaban J connectivity index is 1.74. The van der Waals surface area contributed by atoms with E-state index < -0.39 is 11.9 Å². The van der Waals surface area contributed by atoms with Crippen LogP contribution in [0, 0.1) is 5.82 Å². The highest BCUT2D eigenvalue weighted by Crippen LogP contribution is 2.30. The Morgan fingerprint density at radius 3 is 2.62 bits per heavy atom. The summed E-state index contributed by atoms with van der Waals surface area (Å²) in [7, 11) is 0. The monoisotopic (exact) mass is 361 g/mol. The maximum absolute atomic E-state index is 13.0. The molecule has 0 bridgehead atoms. The summed E-state index contributed by atoms with van der Waals surface area (Å²) in [6.45, 7) is 1.77. The lowest BCUT2D eigenvalue weighted by Gasteiger charge is -2.48. The van der Waals surface area contributed by atoms with E-state index >= 15 is 0 Å². The molecule has 2 N–H and O–H groups in total. The number of amides is 3. The molecular formula is C19H24FN3O3. The minimum atomic E-state index is -0.803. The Labute approximate surface area is 152 Å². The molecule has 1 aromatic carbocycles. The molecule has 0 aromatic heterocycles. The number of carbonyl (C=O) groups is 3. The van der Waals surface area contributed by atoms with Gasteiger partial charge in [-0.05, 0) is 37.1 Å². The standard InChI is InChI=1S/C19H24FN3O3/c1-2-18(25)23-15-6-4-3-5-14(15)22-19(26)16(23)11-17(24)21-13-9-7-12(20)8-10-13/h7-10,14-16H,2-6,11H2,1H3,(H,21,24)(H,22,26)/t14-,15-,16+/m1/s1. The fourth-order valence-electron chi connectivity index (χ4n) is 3.90. The average molecular weight is 361 g/mol. The molecule has 1 saturated heterocycles. The molecule has 2 fully saturated rings. The van der Waals surface area contributed by atoms with E-state index in [0.29, 0.717) is 12.1 Å². The van der Waals surface area contributed by atoms with Crippen molar-refractivity contribution < 1.29 is 18.8 Å². The van der Waals surface area contributed by atoms with Crippen molar-refractivity contribution in [3.8, 4) is 0 Å². The third kappa shape index (κ3) is 3.86. The maximum atomic E-state index is 13.0. The lowest BCUT2D eigenvalue weighted by atomic mass is 9.85. The van der Waals surface area contributed by atoms with Crippen LogP contribution in [0.2, 0.25) is 0 Å². The number of fused-ring (bicyclic) bond motifs is 1. The molecule has 3 rings (SSSR count). The number of rotatable bonds is 4. The summed E-state index contributed by atoms with van der Waals surface area (Å²) in [5.74, 6) is -1.14. The number of carbonyl (C=O) groups excluding carboxylic acids is 3. The van der Waals surface area contributed by atoms with Gasteiger partial charge in [-0.2, -0.15) is 0 Å². The van der Waals surface area contributed by atoms with Crippen molar-refractivity contribution in [3.05, 3.63) is 30.1 Å². The van der Waals surface area contributed by atoms with Crippen LogP contribution in [-0.2, 0) is 14.4 Å². The number of benzene rings is 1. The molecule has 1 saturated carbocycles. The van der Waals surface area contributed by atoms with Gasteiger partial charge < -0.3 is 15.5 Å². The van der Waals surface area contributed by atoms with Gasteiger partial charge in [0.2, 0.25) is 17.7 Å². The topological polar surface area (TPSA) is 78.5 Å². The third-order valence-electron chi connectivity index (χ3n) is 5.15. The summed E-state index contributed by atoms with van der Waals surface area (Å²) >= 11 is 0. The van der Waals surface area contributed by atoms with Gasteiger partial charge in [-0.15, -0.1) is 0 Å². The summed E-state index contributed by atoms with van der Waals surface area (Å²) in [4.78, 5) is 39.1. The van der Waals surface area contributed by atoms with E-state index in [2.05, 4.69) is 10.6 Å². The van der Waals surface area contributed by atoms with Crippen molar-refractivity contribution in [2.75, 3.05) is 5.32 Å². The van der Waals surface area contributed by atoms with Gasteiger partial charge in [0.25, 0.3) is 0 Å². The summed E-state index contributed by atoms with van der Waals surface area (Å²) in [6, 6.07) is 4.55. The fourth-order valence-corrected chi connectivity index (χ4v) is 3.90. The third-order valence-corrected chi connectivity index (χ3v) is 5.15. The van der Waals surface area contributed by atoms with Crippen molar-refractivity contribution >= 4 is 23.4 Å². The van der Waals surface area contributed by atoms with Crippen LogP contribution in [-0.4, -0.2) is 40.7 Å². The first-order valence-corrected chi connectivity index (χ1v) is 9.16. The molecule has 1 aromatic rings. The number of piperazine rings is 1. The molecule has 140 valence electrons. The molecule has 26 heavy (non-hydrogen) atoms. The van der Waals surface area contributed by atoms with Crippen LogP contribution in [0.15, 0.2) is 24.3 Å². The SMILES string of the molecule is CCC(=O)N1[C@@H]2CCCC[C@H]2NC(=O)[C@@H]1CC(=O)Nc1ccc(F)cc1. The van der Waals surface area contributed by atoms with Gasteiger partial charge in [-0.25, -0.2) is 4.39 Å². The van der Waals surface area contributed by atoms with E-state index in [1.165, 1.54) is 24.3 Å². The van der Waals surface area contributed by atoms with Crippen molar-refractivity contribution in [1.82, 2.24) is 10.2 Å². The first-order valence-electron chi connectivity index (χ1n) is 9.16. The normalized spacial score (nSPS) is 25.2. The zero-order chi connectivity index (χ0) is 18.7. The zero-order valence-corrected chi connectivity index (χ0v) is 14.8. The number of nitrogens with one attached hydrogen (secondary N) is 2. The number of hydrogen-bond donors (Lipinski definition) is 2. The second-order valence-corrected chi connectivity index (χ2v) is 6.90. The smallest absolute Gasteiger partial charge is 0.243 e.